The molecule has 9 heteroatoms. The fourth-order valence-corrected chi connectivity index (χ4v) is 3.41. The molecule has 0 bridgehead atoms. The number of amides is 1. The molecule has 4 rings (SSSR count). The zero-order valence-electron chi connectivity index (χ0n) is 18.0. The van der Waals surface area contributed by atoms with E-state index in [9.17, 15) is 9.18 Å². The molecule has 2 N–H and O–H groups in total. The number of nitrogens with one attached hydrogen (secondary N) is 2. The van der Waals surface area contributed by atoms with Crippen molar-refractivity contribution in [3.8, 4) is 22.8 Å². The number of hydrogen-bond acceptors (Lipinski definition) is 5. The molecule has 32 heavy (non-hydrogen) atoms. The summed E-state index contributed by atoms with van der Waals surface area (Å²) < 4.78 is 20.1. The topological polar surface area (TPSA) is 97.7 Å². The van der Waals surface area contributed by atoms with E-state index in [0.717, 1.165) is 34.0 Å². The molecule has 0 aliphatic heterocycles. The maximum atomic E-state index is 13.2. The van der Waals surface area contributed by atoms with Gasteiger partial charge in [0.1, 0.15) is 17.4 Å². The van der Waals surface area contributed by atoms with Gasteiger partial charge in [-0.3, -0.25) is 9.89 Å². The van der Waals surface area contributed by atoms with Gasteiger partial charge in [0.15, 0.2) is 5.82 Å². The SMILES string of the molecule is COc1ccc(-c2n[nH]c(CNC(=O)Cc3c(C)nn(-c4ccc(F)cc4)c3C)n2)cc1. The number of hydrogen-bond donors (Lipinski definition) is 2. The van der Waals surface area contributed by atoms with E-state index >= 15 is 0 Å². The number of halogens is 1. The predicted molar refractivity (Wildman–Crippen MR) is 117 cm³/mol. The van der Waals surface area contributed by atoms with Crippen LogP contribution in [0.25, 0.3) is 17.1 Å². The lowest BCUT2D eigenvalue weighted by atomic mass is 10.1. The van der Waals surface area contributed by atoms with Crippen LogP contribution in [0.3, 0.4) is 0 Å². The maximum Gasteiger partial charge on any atom is 0.224 e. The van der Waals surface area contributed by atoms with Gasteiger partial charge < -0.3 is 10.1 Å². The fraction of sp³-hybridized carbons (Fsp3) is 0.217. The van der Waals surface area contributed by atoms with Gasteiger partial charge in [-0.05, 0) is 62.4 Å². The summed E-state index contributed by atoms with van der Waals surface area (Å²) in [7, 11) is 1.61. The van der Waals surface area contributed by atoms with E-state index in [1.54, 1.807) is 23.9 Å². The van der Waals surface area contributed by atoms with Gasteiger partial charge >= 0.3 is 0 Å². The van der Waals surface area contributed by atoms with Crippen molar-refractivity contribution in [1.82, 2.24) is 30.3 Å². The van der Waals surface area contributed by atoms with Gasteiger partial charge in [-0.25, -0.2) is 14.1 Å². The molecule has 4 aromatic rings. The highest BCUT2D eigenvalue weighted by molar-refractivity contribution is 5.79. The molecule has 1 amide bonds. The van der Waals surface area contributed by atoms with Crippen molar-refractivity contribution in [2.75, 3.05) is 7.11 Å². The van der Waals surface area contributed by atoms with Crippen LogP contribution in [0.1, 0.15) is 22.8 Å². The van der Waals surface area contributed by atoms with Crippen LogP contribution in [0.5, 0.6) is 5.75 Å². The number of aromatic amines is 1. The van der Waals surface area contributed by atoms with Crippen LogP contribution < -0.4 is 10.1 Å². The molecule has 0 unspecified atom stereocenters. The van der Waals surface area contributed by atoms with Gasteiger partial charge in [0.25, 0.3) is 0 Å². The van der Waals surface area contributed by atoms with Crippen LogP contribution in [-0.4, -0.2) is 38.0 Å². The number of ether oxygens (including phenoxy) is 1. The Morgan fingerprint density at radius 1 is 1.12 bits per heavy atom. The molecule has 0 saturated heterocycles. The molecule has 2 aromatic carbocycles. The van der Waals surface area contributed by atoms with Gasteiger partial charge in [-0.15, -0.1) is 0 Å². The largest absolute Gasteiger partial charge is 0.497 e. The van der Waals surface area contributed by atoms with Gasteiger partial charge in [0, 0.05) is 16.8 Å². The quantitative estimate of drug-likeness (QED) is 0.465. The smallest absolute Gasteiger partial charge is 0.224 e. The normalized spacial score (nSPS) is 10.9. The molecular weight excluding hydrogens is 411 g/mol. The number of aryl methyl sites for hydroxylation is 1. The number of rotatable bonds is 7. The van der Waals surface area contributed by atoms with E-state index in [0.29, 0.717) is 11.6 Å². The Bertz CT molecular complexity index is 1230. The van der Waals surface area contributed by atoms with Crippen LogP contribution in [0, 0.1) is 19.7 Å². The van der Waals surface area contributed by atoms with E-state index in [1.807, 2.05) is 38.1 Å². The van der Waals surface area contributed by atoms with Gasteiger partial charge in [0.05, 0.1) is 31.5 Å². The number of carbonyl (C=O) groups excluding carboxylic acids is 1. The van der Waals surface area contributed by atoms with Gasteiger partial charge in [-0.2, -0.15) is 10.2 Å². The van der Waals surface area contributed by atoms with Crippen molar-refractivity contribution in [3.05, 3.63) is 77.1 Å². The molecular formula is C23H23FN6O2. The third-order valence-corrected chi connectivity index (χ3v) is 5.18. The van der Waals surface area contributed by atoms with Crippen LogP contribution in [0.15, 0.2) is 48.5 Å². The summed E-state index contributed by atoms with van der Waals surface area (Å²) in [6.45, 7) is 3.98. The molecule has 0 aliphatic carbocycles. The first-order valence-corrected chi connectivity index (χ1v) is 10.1. The van der Waals surface area contributed by atoms with Crippen LogP contribution >= 0.6 is 0 Å². The van der Waals surface area contributed by atoms with Gasteiger partial charge in [-0.1, -0.05) is 0 Å². The lowest BCUT2D eigenvalue weighted by molar-refractivity contribution is -0.120. The lowest BCUT2D eigenvalue weighted by Crippen LogP contribution is -2.25. The Morgan fingerprint density at radius 2 is 1.84 bits per heavy atom. The molecule has 0 spiro atoms. The number of aromatic nitrogens is 5. The zero-order chi connectivity index (χ0) is 22.7. The molecule has 2 heterocycles. The molecule has 8 nitrogen and oxygen atoms in total. The summed E-state index contributed by atoms with van der Waals surface area (Å²) in [5.41, 5.74) is 4.02. The van der Waals surface area contributed by atoms with Crippen LogP contribution in [0.2, 0.25) is 0 Å². The molecule has 0 radical (unpaired) electrons. The number of benzene rings is 2. The third kappa shape index (κ3) is 4.51. The average Bonchev–Trinajstić information content (AvgIpc) is 3.39. The summed E-state index contributed by atoms with van der Waals surface area (Å²) >= 11 is 0. The Hall–Kier alpha value is -4.01. The van der Waals surface area contributed by atoms with Crippen molar-refractivity contribution in [3.63, 3.8) is 0 Å². The highest BCUT2D eigenvalue weighted by Crippen LogP contribution is 2.20. The summed E-state index contributed by atoms with van der Waals surface area (Å²) in [5.74, 6) is 1.39. The first kappa shape index (κ1) is 21.2. The molecule has 2 aromatic heterocycles. The number of nitrogens with zero attached hydrogens (tertiary/aromatic N) is 4. The van der Waals surface area contributed by atoms with E-state index < -0.39 is 0 Å². The molecule has 0 aliphatic rings. The average molecular weight is 434 g/mol. The second-order valence-electron chi connectivity index (χ2n) is 7.33. The fourth-order valence-electron chi connectivity index (χ4n) is 3.41. The summed E-state index contributed by atoms with van der Waals surface area (Å²) in [6, 6.07) is 13.5. The second-order valence-corrected chi connectivity index (χ2v) is 7.33. The van der Waals surface area contributed by atoms with Crippen LogP contribution in [0.4, 0.5) is 4.39 Å². The van der Waals surface area contributed by atoms with Gasteiger partial charge in [0.2, 0.25) is 5.91 Å². The third-order valence-electron chi connectivity index (χ3n) is 5.18. The van der Waals surface area contributed by atoms with Crippen molar-refractivity contribution >= 4 is 5.91 Å². The van der Waals surface area contributed by atoms with Crippen LogP contribution in [-0.2, 0) is 17.8 Å². The van der Waals surface area contributed by atoms with E-state index in [2.05, 4.69) is 25.6 Å². The summed E-state index contributed by atoms with van der Waals surface area (Å²) in [6.07, 6.45) is 0.179. The van der Waals surface area contributed by atoms with Crippen molar-refractivity contribution in [2.45, 2.75) is 26.8 Å². The van der Waals surface area contributed by atoms with E-state index in [1.165, 1.54) is 12.1 Å². The Kier molecular flexibility index (Phi) is 5.98. The highest BCUT2D eigenvalue weighted by Gasteiger charge is 2.16. The predicted octanol–water partition coefficient (Wildman–Crippen LogP) is 3.28. The molecule has 0 atom stereocenters. The number of methoxy groups -OCH3 is 1. The monoisotopic (exact) mass is 434 g/mol. The Balaban J connectivity index is 1.39. The molecule has 0 fully saturated rings. The Morgan fingerprint density at radius 3 is 2.53 bits per heavy atom. The first-order chi connectivity index (χ1) is 15.4. The standard InChI is InChI=1S/C23H23FN6O2/c1-14-20(15(2)30(29-14)18-8-6-17(24)7-9-18)12-22(31)25-13-21-26-23(28-27-21)16-4-10-19(32-3)11-5-16/h4-11H,12-13H2,1-3H3,(H,25,31)(H,26,27,28). The number of H-pyrrole nitrogens is 1. The van der Waals surface area contributed by atoms with Crippen molar-refractivity contribution < 1.29 is 13.9 Å². The van der Waals surface area contributed by atoms with E-state index in [-0.39, 0.29) is 24.7 Å². The van der Waals surface area contributed by atoms with E-state index in [4.69, 9.17) is 4.74 Å². The summed E-state index contributed by atoms with van der Waals surface area (Å²) in [5, 5.41) is 14.4. The number of carbonyl (C=O) groups is 1. The Labute approximate surface area is 184 Å². The second kappa shape index (κ2) is 9.01. The highest BCUT2D eigenvalue weighted by atomic mass is 19.1. The maximum absolute atomic E-state index is 13.2. The van der Waals surface area contributed by atoms with Crippen molar-refractivity contribution in [1.29, 1.82) is 0 Å². The lowest BCUT2D eigenvalue weighted by Gasteiger charge is -2.06. The minimum Gasteiger partial charge on any atom is -0.497 e. The first-order valence-electron chi connectivity index (χ1n) is 10.1. The van der Waals surface area contributed by atoms with Crippen molar-refractivity contribution in [2.24, 2.45) is 0 Å². The molecule has 164 valence electrons. The minimum absolute atomic E-state index is 0.155. The minimum atomic E-state index is -0.308. The zero-order valence-corrected chi connectivity index (χ0v) is 18.0. The summed E-state index contributed by atoms with van der Waals surface area (Å²) in [4.78, 5) is 17.0. The molecule has 0 saturated carbocycles.